The molecule has 1 aliphatic heterocycles. The van der Waals surface area contributed by atoms with Gasteiger partial charge in [0.25, 0.3) is 5.69 Å². The SMILES string of the molecule is COC1=CC(=O)C2C(C1=O)C(COc1ccc([N+](=O)[O-])cc1)=CN2C. The van der Waals surface area contributed by atoms with Gasteiger partial charge in [-0.05, 0) is 17.7 Å². The highest BCUT2D eigenvalue weighted by atomic mass is 16.6. The summed E-state index contributed by atoms with van der Waals surface area (Å²) in [5.41, 5.74) is 0.627. The van der Waals surface area contributed by atoms with E-state index >= 15 is 0 Å². The van der Waals surface area contributed by atoms with E-state index in [1.807, 2.05) is 0 Å². The van der Waals surface area contributed by atoms with Crippen molar-refractivity contribution in [3.8, 4) is 5.75 Å². The third-order valence-corrected chi connectivity index (χ3v) is 4.29. The maximum Gasteiger partial charge on any atom is 0.269 e. The van der Waals surface area contributed by atoms with Gasteiger partial charge in [-0.3, -0.25) is 19.7 Å². The molecular weight excluding hydrogens is 328 g/mol. The molecule has 1 aliphatic carbocycles. The number of ketones is 2. The molecule has 0 saturated carbocycles. The van der Waals surface area contributed by atoms with Gasteiger partial charge in [-0.25, -0.2) is 0 Å². The van der Waals surface area contributed by atoms with E-state index < -0.39 is 16.9 Å². The van der Waals surface area contributed by atoms with Crippen molar-refractivity contribution in [1.29, 1.82) is 0 Å². The summed E-state index contributed by atoms with van der Waals surface area (Å²) in [6.45, 7) is 0.0966. The first-order valence-corrected chi connectivity index (χ1v) is 7.56. The van der Waals surface area contributed by atoms with Gasteiger partial charge >= 0.3 is 0 Å². The normalized spacial score (nSPS) is 22.2. The molecule has 1 aromatic rings. The molecule has 25 heavy (non-hydrogen) atoms. The van der Waals surface area contributed by atoms with Gasteiger partial charge in [-0.1, -0.05) is 0 Å². The molecular formula is C17H16N2O6. The largest absolute Gasteiger partial charge is 0.493 e. The van der Waals surface area contributed by atoms with Crippen molar-refractivity contribution in [3.05, 3.63) is 58.0 Å². The molecule has 2 aliphatic rings. The molecule has 1 aromatic carbocycles. The van der Waals surface area contributed by atoms with Gasteiger partial charge in [0.05, 0.1) is 18.0 Å². The van der Waals surface area contributed by atoms with Crippen molar-refractivity contribution >= 4 is 17.3 Å². The number of non-ortho nitro benzene ring substituents is 1. The van der Waals surface area contributed by atoms with Gasteiger partial charge < -0.3 is 14.4 Å². The van der Waals surface area contributed by atoms with Crippen molar-refractivity contribution in [3.63, 3.8) is 0 Å². The number of nitro groups is 1. The molecule has 2 atom stereocenters. The lowest BCUT2D eigenvalue weighted by molar-refractivity contribution is -0.384. The highest BCUT2D eigenvalue weighted by Crippen LogP contribution is 2.35. The summed E-state index contributed by atoms with van der Waals surface area (Å²) in [5, 5.41) is 10.7. The first kappa shape index (κ1) is 16.7. The molecule has 2 unspecified atom stereocenters. The molecule has 8 heteroatoms. The fourth-order valence-corrected chi connectivity index (χ4v) is 3.09. The minimum absolute atomic E-state index is 0.0323. The molecule has 0 bridgehead atoms. The fraction of sp³-hybridized carbons (Fsp3) is 0.294. The van der Waals surface area contributed by atoms with Crippen LogP contribution in [0.1, 0.15) is 0 Å². The second kappa shape index (κ2) is 6.39. The number of fused-ring (bicyclic) bond motifs is 1. The van der Waals surface area contributed by atoms with Crippen LogP contribution >= 0.6 is 0 Å². The predicted octanol–water partition coefficient (Wildman–Crippen LogP) is 1.47. The molecule has 0 saturated heterocycles. The summed E-state index contributed by atoms with van der Waals surface area (Å²) in [4.78, 5) is 36.6. The summed E-state index contributed by atoms with van der Waals surface area (Å²) < 4.78 is 10.6. The first-order valence-electron chi connectivity index (χ1n) is 7.56. The first-order chi connectivity index (χ1) is 11.9. The van der Waals surface area contributed by atoms with Gasteiger partial charge in [0, 0.05) is 31.5 Å². The number of carbonyl (C=O) groups excluding carboxylic acids is 2. The van der Waals surface area contributed by atoms with Crippen LogP contribution in [0.4, 0.5) is 5.69 Å². The van der Waals surface area contributed by atoms with Crippen LogP contribution in [0.2, 0.25) is 0 Å². The van der Waals surface area contributed by atoms with Crippen LogP contribution in [0.25, 0.3) is 0 Å². The summed E-state index contributed by atoms with van der Waals surface area (Å²) in [6, 6.07) is 5.08. The number of nitro benzene ring substituents is 1. The molecule has 0 fully saturated rings. The Morgan fingerprint density at radius 1 is 1.24 bits per heavy atom. The Hall–Kier alpha value is -3.16. The monoisotopic (exact) mass is 344 g/mol. The average molecular weight is 344 g/mol. The zero-order valence-electron chi connectivity index (χ0n) is 13.7. The Morgan fingerprint density at radius 2 is 1.92 bits per heavy atom. The van der Waals surface area contributed by atoms with Crippen molar-refractivity contribution in [2.45, 2.75) is 6.04 Å². The van der Waals surface area contributed by atoms with Crippen molar-refractivity contribution < 1.29 is 24.0 Å². The second-order valence-corrected chi connectivity index (χ2v) is 5.81. The van der Waals surface area contributed by atoms with Crippen molar-refractivity contribution in [2.24, 2.45) is 5.92 Å². The van der Waals surface area contributed by atoms with Gasteiger partial charge in [-0.2, -0.15) is 0 Å². The summed E-state index contributed by atoms with van der Waals surface area (Å²) in [5.74, 6) is -0.603. The smallest absolute Gasteiger partial charge is 0.269 e. The van der Waals surface area contributed by atoms with Crippen LogP contribution in [-0.2, 0) is 14.3 Å². The zero-order chi connectivity index (χ0) is 18.1. The van der Waals surface area contributed by atoms with E-state index in [1.165, 1.54) is 37.5 Å². The third-order valence-electron chi connectivity index (χ3n) is 4.29. The number of carbonyl (C=O) groups is 2. The van der Waals surface area contributed by atoms with E-state index in [1.54, 1.807) is 18.1 Å². The molecule has 0 radical (unpaired) electrons. The molecule has 0 spiro atoms. The Bertz CT molecular complexity index is 796. The van der Waals surface area contributed by atoms with Crippen LogP contribution in [0.3, 0.4) is 0 Å². The fourth-order valence-electron chi connectivity index (χ4n) is 3.09. The standard InChI is InChI=1S/C17H16N2O6/c1-18-8-10(9-25-12-5-3-11(4-6-12)19(22)23)15-16(18)13(20)7-14(24-2)17(15)21/h3-8,15-16H,9H2,1-2H3. The number of benzene rings is 1. The lowest BCUT2D eigenvalue weighted by Gasteiger charge is -2.28. The highest BCUT2D eigenvalue weighted by molar-refractivity contribution is 6.12. The van der Waals surface area contributed by atoms with E-state index in [4.69, 9.17) is 9.47 Å². The van der Waals surface area contributed by atoms with Crippen molar-refractivity contribution in [1.82, 2.24) is 4.90 Å². The number of hydrogen-bond acceptors (Lipinski definition) is 7. The molecule has 3 rings (SSSR count). The molecule has 8 nitrogen and oxygen atoms in total. The van der Waals surface area contributed by atoms with E-state index in [2.05, 4.69) is 0 Å². The molecule has 1 heterocycles. The third kappa shape index (κ3) is 2.98. The van der Waals surface area contributed by atoms with Gasteiger partial charge in [0.2, 0.25) is 5.78 Å². The maximum absolute atomic E-state index is 12.5. The summed E-state index contributed by atoms with van der Waals surface area (Å²) in [6.07, 6.45) is 2.96. The number of nitrogens with zero attached hydrogens (tertiary/aromatic N) is 2. The van der Waals surface area contributed by atoms with Gasteiger partial charge in [-0.15, -0.1) is 0 Å². The summed E-state index contributed by atoms with van der Waals surface area (Å²) >= 11 is 0. The van der Waals surface area contributed by atoms with Crippen LogP contribution in [-0.4, -0.2) is 48.2 Å². The maximum atomic E-state index is 12.5. The molecule has 0 amide bonds. The van der Waals surface area contributed by atoms with E-state index in [-0.39, 0.29) is 29.6 Å². The van der Waals surface area contributed by atoms with E-state index in [9.17, 15) is 19.7 Å². The number of ether oxygens (including phenoxy) is 2. The van der Waals surface area contributed by atoms with Crippen LogP contribution in [0.15, 0.2) is 47.9 Å². The minimum Gasteiger partial charge on any atom is -0.493 e. The van der Waals surface area contributed by atoms with Gasteiger partial charge in [0.1, 0.15) is 18.4 Å². The molecule has 0 aromatic heterocycles. The number of rotatable bonds is 5. The quantitative estimate of drug-likeness (QED) is 0.589. The number of methoxy groups -OCH3 is 1. The van der Waals surface area contributed by atoms with E-state index in [0.717, 1.165) is 0 Å². The molecule has 130 valence electrons. The topological polar surface area (TPSA) is 99.0 Å². The summed E-state index contributed by atoms with van der Waals surface area (Å²) in [7, 11) is 3.08. The van der Waals surface area contributed by atoms with Crippen LogP contribution in [0, 0.1) is 16.0 Å². The number of Topliss-reactive ketones (excluding diaryl/α,β-unsaturated/α-hetero) is 1. The van der Waals surface area contributed by atoms with E-state index in [0.29, 0.717) is 11.3 Å². The number of likely N-dealkylation sites (N-methyl/N-ethyl adjacent to an activating group) is 1. The average Bonchev–Trinajstić information content (AvgIpc) is 2.93. The zero-order valence-corrected chi connectivity index (χ0v) is 13.7. The lowest BCUT2D eigenvalue weighted by atomic mass is 9.83. The highest BCUT2D eigenvalue weighted by Gasteiger charge is 2.47. The predicted molar refractivity (Wildman–Crippen MR) is 86.8 cm³/mol. The Labute approximate surface area is 143 Å². The minimum atomic E-state index is -0.643. The number of allylic oxidation sites excluding steroid dienone is 1. The lowest BCUT2D eigenvalue weighted by Crippen LogP contribution is -2.44. The Balaban J connectivity index is 1.75. The van der Waals surface area contributed by atoms with Gasteiger partial charge in [0.15, 0.2) is 11.5 Å². The molecule has 0 N–H and O–H groups in total. The second-order valence-electron chi connectivity index (χ2n) is 5.81. The van der Waals surface area contributed by atoms with Crippen LogP contribution in [0.5, 0.6) is 5.75 Å². The van der Waals surface area contributed by atoms with Crippen molar-refractivity contribution in [2.75, 3.05) is 20.8 Å². The number of hydrogen-bond donors (Lipinski definition) is 0. The Morgan fingerprint density at radius 3 is 2.52 bits per heavy atom. The van der Waals surface area contributed by atoms with Crippen LogP contribution < -0.4 is 4.74 Å². The Kier molecular flexibility index (Phi) is 4.26.